The number of benzene rings is 1. The van der Waals surface area contributed by atoms with Gasteiger partial charge in [-0.3, -0.25) is 0 Å². The zero-order valence-electron chi connectivity index (χ0n) is 11.9. The van der Waals surface area contributed by atoms with Gasteiger partial charge in [0, 0.05) is 13.1 Å². The molecule has 0 amide bonds. The van der Waals surface area contributed by atoms with Gasteiger partial charge in [-0.05, 0) is 12.0 Å². The fraction of sp³-hybridized carbons (Fsp3) is 0.647. The van der Waals surface area contributed by atoms with Crippen LogP contribution in [-0.4, -0.2) is 6.54 Å². The Morgan fingerprint density at radius 2 is 1.39 bits per heavy atom. The predicted octanol–water partition coefficient (Wildman–Crippen LogP) is 4.93. The van der Waals surface area contributed by atoms with Crippen LogP contribution in [-0.2, 0) is 6.54 Å². The third-order valence-electron chi connectivity index (χ3n) is 3.31. The molecule has 1 nitrogen and oxygen atoms in total. The third-order valence-corrected chi connectivity index (χ3v) is 3.31. The van der Waals surface area contributed by atoms with Gasteiger partial charge < -0.3 is 0 Å². The van der Waals surface area contributed by atoms with Gasteiger partial charge in [0.15, 0.2) is 0 Å². The molecule has 0 saturated heterocycles. The van der Waals surface area contributed by atoms with Gasteiger partial charge >= 0.3 is 0 Å². The van der Waals surface area contributed by atoms with Gasteiger partial charge in [0.2, 0.25) is 0 Å². The molecule has 1 rings (SSSR count). The molecule has 0 fully saturated rings. The molecular formula is C17H28N. The molecule has 101 valence electrons. The van der Waals surface area contributed by atoms with Gasteiger partial charge in [0.1, 0.15) is 0 Å². The average molecular weight is 246 g/mol. The van der Waals surface area contributed by atoms with Gasteiger partial charge in [-0.25, -0.2) is 5.32 Å². The van der Waals surface area contributed by atoms with E-state index in [0.29, 0.717) is 0 Å². The van der Waals surface area contributed by atoms with Crippen LogP contribution in [0.25, 0.3) is 0 Å². The van der Waals surface area contributed by atoms with E-state index in [0.717, 1.165) is 13.1 Å². The van der Waals surface area contributed by atoms with Crippen LogP contribution >= 0.6 is 0 Å². The topological polar surface area (TPSA) is 14.1 Å². The maximum atomic E-state index is 4.59. The summed E-state index contributed by atoms with van der Waals surface area (Å²) in [7, 11) is 0. The first-order valence-corrected chi connectivity index (χ1v) is 7.60. The summed E-state index contributed by atoms with van der Waals surface area (Å²) >= 11 is 0. The lowest BCUT2D eigenvalue weighted by atomic mass is 10.1. The van der Waals surface area contributed by atoms with E-state index >= 15 is 0 Å². The monoisotopic (exact) mass is 246 g/mol. The molecule has 0 heterocycles. The standard InChI is InChI=1S/C17H28N/c1-2-3-4-5-6-7-8-12-15-18-16-17-13-10-9-11-14-17/h9-11,13-14H,2-8,12,15-16H2,1H3. The Morgan fingerprint density at radius 1 is 0.778 bits per heavy atom. The molecule has 1 aromatic carbocycles. The molecular weight excluding hydrogens is 218 g/mol. The summed E-state index contributed by atoms with van der Waals surface area (Å²) in [6, 6.07) is 10.5. The SMILES string of the molecule is CCCCCCCCCC[N]Cc1ccccc1. The van der Waals surface area contributed by atoms with E-state index in [9.17, 15) is 0 Å². The maximum absolute atomic E-state index is 4.59. The first-order chi connectivity index (χ1) is 8.93. The molecule has 0 aliphatic carbocycles. The van der Waals surface area contributed by atoms with Crippen LogP contribution in [0, 0.1) is 0 Å². The van der Waals surface area contributed by atoms with Gasteiger partial charge in [-0.2, -0.15) is 0 Å². The predicted molar refractivity (Wildman–Crippen MR) is 79.8 cm³/mol. The van der Waals surface area contributed by atoms with E-state index in [1.165, 1.54) is 56.9 Å². The van der Waals surface area contributed by atoms with Crippen LogP contribution < -0.4 is 5.32 Å². The fourth-order valence-electron chi connectivity index (χ4n) is 2.15. The number of nitrogens with zero attached hydrogens (tertiary/aromatic N) is 1. The summed E-state index contributed by atoms with van der Waals surface area (Å²) in [5.41, 5.74) is 1.33. The quantitative estimate of drug-likeness (QED) is 0.491. The highest BCUT2D eigenvalue weighted by molar-refractivity contribution is 5.14. The number of rotatable bonds is 11. The van der Waals surface area contributed by atoms with E-state index in [-0.39, 0.29) is 0 Å². The Balaban J connectivity index is 1.82. The summed E-state index contributed by atoms with van der Waals surface area (Å²) in [6.45, 7) is 4.19. The Morgan fingerprint density at radius 3 is 2.06 bits per heavy atom. The molecule has 0 unspecified atom stereocenters. The smallest absolute Gasteiger partial charge is 0.0384 e. The number of hydrogen-bond donors (Lipinski definition) is 0. The Kier molecular flexibility index (Phi) is 9.55. The summed E-state index contributed by atoms with van der Waals surface area (Å²) < 4.78 is 0. The lowest BCUT2D eigenvalue weighted by Crippen LogP contribution is -2.06. The van der Waals surface area contributed by atoms with Crippen LogP contribution in [0.5, 0.6) is 0 Å². The van der Waals surface area contributed by atoms with Crippen molar-refractivity contribution in [3.63, 3.8) is 0 Å². The fourth-order valence-corrected chi connectivity index (χ4v) is 2.15. The largest absolute Gasteiger partial charge is 0.237 e. The van der Waals surface area contributed by atoms with Crippen molar-refractivity contribution in [3.05, 3.63) is 35.9 Å². The van der Waals surface area contributed by atoms with E-state index < -0.39 is 0 Å². The number of hydrogen-bond acceptors (Lipinski definition) is 0. The number of unbranched alkanes of at least 4 members (excludes halogenated alkanes) is 7. The highest BCUT2D eigenvalue weighted by atomic mass is 14.8. The molecule has 0 bridgehead atoms. The van der Waals surface area contributed by atoms with Crippen LogP contribution in [0.1, 0.15) is 63.9 Å². The average Bonchev–Trinajstić information content (AvgIpc) is 2.42. The first-order valence-electron chi connectivity index (χ1n) is 7.60. The molecule has 0 aliphatic rings. The van der Waals surface area contributed by atoms with E-state index in [2.05, 4.69) is 42.6 Å². The van der Waals surface area contributed by atoms with Crippen LogP contribution in [0.3, 0.4) is 0 Å². The zero-order valence-corrected chi connectivity index (χ0v) is 11.9. The molecule has 0 aromatic heterocycles. The van der Waals surface area contributed by atoms with E-state index in [1.807, 2.05) is 0 Å². The first kappa shape index (κ1) is 15.2. The van der Waals surface area contributed by atoms with Crippen molar-refractivity contribution in [3.8, 4) is 0 Å². The summed E-state index contributed by atoms with van der Waals surface area (Å²) in [5, 5.41) is 4.59. The summed E-state index contributed by atoms with van der Waals surface area (Å²) in [6.07, 6.45) is 11.0. The Bertz CT molecular complexity index is 268. The minimum absolute atomic E-state index is 0.886. The maximum Gasteiger partial charge on any atom is 0.0384 e. The molecule has 0 aliphatic heterocycles. The normalized spacial score (nSPS) is 10.7. The van der Waals surface area contributed by atoms with Crippen LogP contribution in [0.2, 0.25) is 0 Å². The molecule has 0 spiro atoms. The van der Waals surface area contributed by atoms with Crippen molar-refractivity contribution in [2.24, 2.45) is 0 Å². The molecule has 0 N–H and O–H groups in total. The van der Waals surface area contributed by atoms with E-state index in [4.69, 9.17) is 0 Å². The zero-order chi connectivity index (χ0) is 12.9. The second kappa shape index (κ2) is 11.3. The molecule has 18 heavy (non-hydrogen) atoms. The van der Waals surface area contributed by atoms with E-state index in [1.54, 1.807) is 0 Å². The second-order valence-corrected chi connectivity index (χ2v) is 5.07. The van der Waals surface area contributed by atoms with Gasteiger partial charge in [0.25, 0.3) is 0 Å². The van der Waals surface area contributed by atoms with Gasteiger partial charge in [-0.15, -0.1) is 0 Å². The van der Waals surface area contributed by atoms with Gasteiger partial charge in [0.05, 0.1) is 0 Å². The molecule has 0 atom stereocenters. The van der Waals surface area contributed by atoms with Crippen molar-refractivity contribution in [1.29, 1.82) is 0 Å². The molecule has 1 heteroatoms. The second-order valence-electron chi connectivity index (χ2n) is 5.07. The lowest BCUT2D eigenvalue weighted by molar-refractivity contribution is 0.551. The molecule has 1 aromatic rings. The Hall–Kier alpha value is -0.820. The highest BCUT2D eigenvalue weighted by Crippen LogP contribution is 2.08. The van der Waals surface area contributed by atoms with Crippen LogP contribution in [0.15, 0.2) is 30.3 Å². The molecule has 1 radical (unpaired) electrons. The van der Waals surface area contributed by atoms with Crippen molar-refractivity contribution < 1.29 is 0 Å². The van der Waals surface area contributed by atoms with Crippen molar-refractivity contribution in [2.45, 2.75) is 64.8 Å². The van der Waals surface area contributed by atoms with Crippen LogP contribution in [0.4, 0.5) is 0 Å². The lowest BCUT2D eigenvalue weighted by Gasteiger charge is -2.03. The van der Waals surface area contributed by atoms with Gasteiger partial charge in [-0.1, -0.05) is 82.2 Å². The molecule has 0 saturated carbocycles. The minimum atomic E-state index is 0.886. The third kappa shape index (κ3) is 8.30. The van der Waals surface area contributed by atoms with Crippen molar-refractivity contribution >= 4 is 0 Å². The highest BCUT2D eigenvalue weighted by Gasteiger charge is 1.94. The summed E-state index contributed by atoms with van der Waals surface area (Å²) in [4.78, 5) is 0. The Labute approximate surface area is 113 Å². The minimum Gasteiger partial charge on any atom is -0.237 e. The van der Waals surface area contributed by atoms with Crippen molar-refractivity contribution in [1.82, 2.24) is 5.32 Å². The van der Waals surface area contributed by atoms with Crippen molar-refractivity contribution in [2.75, 3.05) is 6.54 Å². The summed E-state index contributed by atoms with van der Waals surface area (Å²) in [5.74, 6) is 0.